The van der Waals surface area contributed by atoms with E-state index in [1.54, 1.807) is 19.2 Å². The molecule has 8 nitrogen and oxygen atoms in total. The lowest BCUT2D eigenvalue weighted by atomic mass is 9.96. The topological polar surface area (TPSA) is 92.2 Å². The van der Waals surface area contributed by atoms with E-state index in [2.05, 4.69) is 36.9 Å². The van der Waals surface area contributed by atoms with Crippen molar-refractivity contribution in [2.75, 3.05) is 25.1 Å². The van der Waals surface area contributed by atoms with Gasteiger partial charge in [0.25, 0.3) is 11.5 Å². The van der Waals surface area contributed by atoms with Gasteiger partial charge in [0.1, 0.15) is 5.75 Å². The number of piperidine rings is 1. The maximum Gasteiger partial charge on any atom is 0.256 e. The number of pyridine rings is 2. The average molecular weight is 500 g/mol. The molecule has 1 aliphatic heterocycles. The Morgan fingerprint density at radius 3 is 2.68 bits per heavy atom. The maximum absolute atomic E-state index is 13.4. The number of aromatic nitrogens is 3. The molecule has 1 aliphatic rings. The standard InChI is InChI=1S/C29H33N5O3/c1-19-15-26(37-3)24(28(35)32-19)17-31-29(36)27-20(2)34(25-9-5-4-8-23(25)27)18-21-10-13-33(14-11-21)22-7-6-12-30-16-22/h4-9,12,15-16,21H,10-11,13-14,17-18H2,1-3H3,(H,31,36)(H,32,35). The summed E-state index contributed by atoms with van der Waals surface area (Å²) in [5, 5.41) is 3.89. The van der Waals surface area contributed by atoms with Gasteiger partial charge in [0, 0.05) is 48.1 Å². The second-order valence-corrected chi connectivity index (χ2v) is 9.74. The number of fused-ring (bicyclic) bond motifs is 1. The van der Waals surface area contributed by atoms with Crippen LogP contribution in [0.4, 0.5) is 5.69 Å². The fourth-order valence-electron chi connectivity index (χ4n) is 5.42. The zero-order valence-electron chi connectivity index (χ0n) is 21.6. The Kier molecular flexibility index (Phi) is 6.99. The van der Waals surface area contributed by atoms with Crippen LogP contribution in [0.25, 0.3) is 10.9 Å². The Hall–Kier alpha value is -4.07. The molecular formula is C29H33N5O3. The fraction of sp³-hybridized carbons (Fsp3) is 0.345. The number of aryl methyl sites for hydroxylation is 1. The largest absolute Gasteiger partial charge is 0.496 e. The van der Waals surface area contributed by atoms with E-state index in [0.29, 0.717) is 28.5 Å². The number of H-pyrrole nitrogens is 1. The molecular weight excluding hydrogens is 466 g/mol. The summed E-state index contributed by atoms with van der Waals surface area (Å²) in [7, 11) is 1.53. The smallest absolute Gasteiger partial charge is 0.256 e. The van der Waals surface area contributed by atoms with Gasteiger partial charge in [-0.05, 0) is 56.9 Å². The van der Waals surface area contributed by atoms with Gasteiger partial charge in [0.15, 0.2) is 0 Å². The van der Waals surface area contributed by atoms with Gasteiger partial charge in [-0.3, -0.25) is 14.6 Å². The number of carbonyl (C=O) groups is 1. The minimum absolute atomic E-state index is 0.0867. The second-order valence-electron chi connectivity index (χ2n) is 9.74. The first-order valence-electron chi connectivity index (χ1n) is 12.7. The highest BCUT2D eigenvalue weighted by Crippen LogP contribution is 2.30. The normalized spacial score (nSPS) is 14.2. The van der Waals surface area contributed by atoms with E-state index in [4.69, 9.17) is 4.74 Å². The third-order valence-corrected chi connectivity index (χ3v) is 7.40. The third-order valence-electron chi connectivity index (χ3n) is 7.40. The minimum Gasteiger partial charge on any atom is -0.496 e. The first-order valence-corrected chi connectivity index (χ1v) is 12.7. The van der Waals surface area contributed by atoms with Gasteiger partial charge in [-0.15, -0.1) is 0 Å². The summed E-state index contributed by atoms with van der Waals surface area (Å²) in [6, 6.07) is 13.9. The highest BCUT2D eigenvalue weighted by molar-refractivity contribution is 6.08. The summed E-state index contributed by atoms with van der Waals surface area (Å²) in [5.74, 6) is 0.799. The molecule has 0 unspecified atom stereocenters. The van der Waals surface area contributed by atoms with Crippen molar-refractivity contribution >= 4 is 22.5 Å². The number of hydrogen-bond acceptors (Lipinski definition) is 5. The van der Waals surface area contributed by atoms with Gasteiger partial charge in [-0.1, -0.05) is 18.2 Å². The molecule has 0 saturated carbocycles. The summed E-state index contributed by atoms with van der Waals surface area (Å²) in [6.07, 6.45) is 5.89. The lowest BCUT2D eigenvalue weighted by molar-refractivity contribution is 0.0951. The number of para-hydroxylation sites is 1. The van der Waals surface area contributed by atoms with Crippen molar-refractivity contribution in [1.82, 2.24) is 19.9 Å². The van der Waals surface area contributed by atoms with Crippen molar-refractivity contribution in [2.24, 2.45) is 5.92 Å². The van der Waals surface area contributed by atoms with Gasteiger partial charge in [0.05, 0.1) is 36.7 Å². The summed E-state index contributed by atoms with van der Waals surface area (Å²) < 4.78 is 7.67. The number of rotatable bonds is 7. The fourth-order valence-corrected chi connectivity index (χ4v) is 5.42. The zero-order valence-corrected chi connectivity index (χ0v) is 21.6. The Morgan fingerprint density at radius 2 is 1.95 bits per heavy atom. The van der Waals surface area contributed by atoms with Gasteiger partial charge in [0.2, 0.25) is 0 Å². The molecule has 0 atom stereocenters. The lowest BCUT2D eigenvalue weighted by Crippen LogP contribution is -2.35. The van der Waals surface area contributed by atoms with Crippen LogP contribution in [0.1, 0.15) is 40.2 Å². The van der Waals surface area contributed by atoms with Crippen molar-refractivity contribution in [3.8, 4) is 5.75 Å². The van der Waals surface area contributed by atoms with Crippen LogP contribution in [0.15, 0.2) is 59.7 Å². The number of methoxy groups -OCH3 is 1. The van der Waals surface area contributed by atoms with E-state index in [1.165, 1.54) is 12.8 Å². The van der Waals surface area contributed by atoms with E-state index < -0.39 is 0 Å². The zero-order chi connectivity index (χ0) is 25.9. The first-order chi connectivity index (χ1) is 18.0. The predicted molar refractivity (Wildman–Crippen MR) is 145 cm³/mol. The molecule has 8 heteroatoms. The van der Waals surface area contributed by atoms with Crippen LogP contribution in [-0.4, -0.2) is 40.6 Å². The number of ether oxygens (including phenoxy) is 1. The number of nitrogens with zero attached hydrogens (tertiary/aromatic N) is 3. The molecule has 0 spiro atoms. The number of aromatic amines is 1. The van der Waals surface area contributed by atoms with E-state index in [1.807, 2.05) is 37.4 Å². The highest BCUT2D eigenvalue weighted by atomic mass is 16.5. The number of hydrogen-bond donors (Lipinski definition) is 2. The van der Waals surface area contributed by atoms with Crippen molar-refractivity contribution in [3.05, 3.63) is 87.7 Å². The lowest BCUT2D eigenvalue weighted by Gasteiger charge is -2.34. The molecule has 37 heavy (non-hydrogen) atoms. The molecule has 3 aromatic heterocycles. The summed E-state index contributed by atoms with van der Waals surface area (Å²) >= 11 is 0. The molecule has 5 rings (SSSR count). The van der Waals surface area contributed by atoms with Gasteiger partial charge in [-0.2, -0.15) is 0 Å². The SMILES string of the molecule is COc1cc(C)[nH]c(=O)c1CNC(=O)c1c(C)n(CC2CCN(c3cccnc3)CC2)c2ccccc12. The summed E-state index contributed by atoms with van der Waals surface area (Å²) in [5.41, 5.74) is 4.69. The molecule has 4 aromatic rings. The van der Waals surface area contributed by atoms with Crippen molar-refractivity contribution in [1.29, 1.82) is 0 Å². The Morgan fingerprint density at radius 1 is 1.16 bits per heavy atom. The minimum atomic E-state index is -0.256. The van der Waals surface area contributed by atoms with Gasteiger partial charge >= 0.3 is 0 Å². The van der Waals surface area contributed by atoms with E-state index in [9.17, 15) is 9.59 Å². The molecule has 1 amide bonds. The highest BCUT2D eigenvalue weighted by Gasteiger charge is 2.25. The molecule has 1 aromatic carbocycles. The van der Waals surface area contributed by atoms with Crippen LogP contribution in [0.3, 0.4) is 0 Å². The third kappa shape index (κ3) is 4.96. The average Bonchev–Trinajstić information content (AvgIpc) is 3.19. The van der Waals surface area contributed by atoms with Crippen LogP contribution in [0.5, 0.6) is 5.75 Å². The van der Waals surface area contributed by atoms with Crippen molar-refractivity contribution in [2.45, 2.75) is 39.8 Å². The number of nitrogens with one attached hydrogen (secondary N) is 2. The molecule has 0 aliphatic carbocycles. The number of amides is 1. The summed E-state index contributed by atoms with van der Waals surface area (Å²) in [6.45, 7) is 6.76. The molecule has 0 radical (unpaired) electrons. The second kappa shape index (κ2) is 10.5. The molecule has 4 heterocycles. The van der Waals surface area contributed by atoms with Crippen molar-refractivity contribution in [3.63, 3.8) is 0 Å². The van der Waals surface area contributed by atoms with Crippen LogP contribution in [-0.2, 0) is 13.1 Å². The number of carbonyl (C=O) groups excluding carboxylic acids is 1. The molecule has 0 bridgehead atoms. The van der Waals surface area contributed by atoms with Gasteiger partial charge in [-0.25, -0.2) is 0 Å². The van der Waals surface area contributed by atoms with Crippen LogP contribution in [0, 0.1) is 19.8 Å². The van der Waals surface area contributed by atoms with Gasteiger partial charge < -0.3 is 24.5 Å². The first kappa shape index (κ1) is 24.6. The summed E-state index contributed by atoms with van der Waals surface area (Å²) in [4.78, 5) is 35.4. The number of benzene rings is 1. The quantitative estimate of drug-likeness (QED) is 0.398. The maximum atomic E-state index is 13.4. The van der Waals surface area contributed by atoms with Crippen molar-refractivity contribution < 1.29 is 9.53 Å². The Labute approximate surface area is 216 Å². The Balaban J connectivity index is 1.35. The molecule has 1 fully saturated rings. The van der Waals surface area contributed by atoms with E-state index in [-0.39, 0.29) is 18.0 Å². The molecule has 192 valence electrons. The predicted octanol–water partition coefficient (Wildman–Crippen LogP) is 4.20. The van der Waals surface area contributed by atoms with E-state index in [0.717, 1.165) is 49.1 Å². The van der Waals surface area contributed by atoms with Crippen LogP contribution >= 0.6 is 0 Å². The van der Waals surface area contributed by atoms with E-state index >= 15 is 0 Å². The molecule has 2 N–H and O–H groups in total. The Bertz CT molecular complexity index is 1470. The monoisotopic (exact) mass is 499 g/mol. The van der Waals surface area contributed by atoms with Crippen LogP contribution < -0.4 is 20.5 Å². The number of anilines is 1. The van der Waals surface area contributed by atoms with Crippen LogP contribution in [0.2, 0.25) is 0 Å². The molecule has 1 saturated heterocycles.